The molecule has 0 radical (unpaired) electrons. The fourth-order valence-corrected chi connectivity index (χ4v) is 4.13. The van der Waals surface area contributed by atoms with E-state index in [0.717, 1.165) is 50.4 Å². The normalized spacial score (nSPS) is 14.7. The van der Waals surface area contributed by atoms with Crippen molar-refractivity contribution in [1.29, 1.82) is 0 Å². The van der Waals surface area contributed by atoms with Crippen LogP contribution in [0, 0.1) is 5.92 Å². The average Bonchev–Trinajstić information content (AvgIpc) is 2.73. The molecule has 1 aromatic rings. The number of amides is 2. The van der Waals surface area contributed by atoms with E-state index < -0.39 is 0 Å². The molecule has 1 heterocycles. The summed E-state index contributed by atoms with van der Waals surface area (Å²) in [6.45, 7) is 10.4. The maximum atomic E-state index is 12.9. The molecule has 2 N–H and O–H groups in total. The van der Waals surface area contributed by atoms with Gasteiger partial charge in [-0.15, -0.1) is 0 Å². The molecule has 1 fully saturated rings. The summed E-state index contributed by atoms with van der Waals surface area (Å²) in [6, 6.07) is 5.84. The van der Waals surface area contributed by atoms with Crippen LogP contribution in [0.15, 0.2) is 18.2 Å². The van der Waals surface area contributed by atoms with Crippen molar-refractivity contribution < 1.29 is 9.59 Å². The Morgan fingerprint density at radius 2 is 1.68 bits per heavy atom. The Labute approximate surface area is 189 Å². The fourth-order valence-electron chi connectivity index (χ4n) is 4.13. The molecule has 0 aromatic heterocycles. The van der Waals surface area contributed by atoms with Gasteiger partial charge in [-0.25, -0.2) is 0 Å². The molecular weight excluding hydrogens is 386 g/mol. The molecule has 1 saturated heterocycles. The Hall–Kier alpha value is -2.04. The van der Waals surface area contributed by atoms with E-state index in [2.05, 4.69) is 29.4 Å². The smallest absolute Gasteiger partial charge is 0.253 e. The van der Waals surface area contributed by atoms with Gasteiger partial charge < -0.3 is 15.5 Å². The van der Waals surface area contributed by atoms with Crippen molar-refractivity contribution in [3.05, 3.63) is 23.8 Å². The number of nitrogens with zero attached hydrogens (tertiary/aromatic N) is 1. The predicted octanol–water partition coefficient (Wildman–Crippen LogP) is 6.14. The van der Waals surface area contributed by atoms with Gasteiger partial charge in [0.05, 0.1) is 5.56 Å². The lowest BCUT2D eigenvalue weighted by Crippen LogP contribution is -2.36. The van der Waals surface area contributed by atoms with Crippen molar-refractivity contribution in [2.45, 2.75) is 97.9 Å². The van der Waals surface area contributed by atoms with Crippen molar-refractivity contribution in [1.82, 2.24) is 5.32 Å². The van der Waals surface area contributed by atoms with Gasteiger partial charge in [-0.2, -0.15) is 0 Å². The second-order valence-electron chi connectivity index (χ2n) is 9.45. The Bertz CT molecular complexity index is 694. The minimum atomic E-state index is -0.0770. The highest BCUT2D eigenvalue weighted by molar-refractivity contribution is 6.02. The molecule has 5 heteroatoms. The maximum Gasteiger partial charge on any atom is 0.253 e. The molecule has 0 aliphatic carbocycles. The SMILES string of the molecule is CCCCCCCCCC(=O)Nc1ccc(N2CCC(C)CC2)c(C(=O)NC(C)C)c1. The number of rotatable bonds is 12. The minimum Gasteiger partial charge on any atom is -0.371 e. The maximum absolute atomic E-state index is 12.9. The number of carbonyl (C=O) groups is 2. The molecule has 1 aromatic carbocycles. The zero-order valence-electron chi connectivity index (χ0n) is 20.1. The number of hydrogen-bond acceptors (Lipinski definition) is 3. The van der Waals surface area contributed by atoms with E-state index in [1.165, 1.54) is 32.1 Å². The lowest BCUT2D eigenvalue weighted by molar-refractivity contribution is -0.116. The van der Waals surface area contributed by atoms with Gasteiger partial charge in [0.15, 0.2) is 0 Å². The van der Waals surface area contributed by atoms with Crippen molar-refractivity contribution in [2.75, 3.05) is 23.3 Å². The molecule has 1 aliphatic rings. The van der Waals surface area contributed by atoms with E-state index in [0.29, 0.717) is 17.7 Å². The Morgan fingerprint density at radius 3 is 2.32 bits per heavy atom. The Balaban J connectivity index is 1.97. The summed E-state index contributed by atoms with van der Waals surface area (Å²) >= 11 is 0. The molecule has 2 rings (SSSR count). The summed E-state index contributed by atoms with van der Waals surface area (Å²) in [5, 5.41) is 6.01. The molecule has 0 bridgehead atoms. The third-order valence-electron chi connectivity index (χ3n) is 6.08. The van der Waals surface area contributed by atoms with Crippen LogP contribution in [-0.2, 0) is 4.79 Å². The molecular formula is C26H43N3O2. The van der Waals surface area contributed by atoms with Gasteiger partial charge in [0, 0.05) is 36.9 Å². The highest BCUT2D eigenvalue weighted by atomic mass is 16.2. The molecule has 0 unspecified atom stereocenters. The zero-order chi connectivity index (χ0) is 22.6. The van der Waals surface area contributed by atoms with Gasteiger partial charge in [-0.1, -0.05) is 52.4 Å². The minimum absolute atomic E-state index is 0.0309. The average molecular weight is 430 g/mol. The number of piperidine rings is 1. The van der Waals surface area contributed by atoms with E-state index in [-0.39, 0.29) is 17.9 Å². The number of hydrogen-bond donors (Lipinski definition) is 2. The molecule has 0 saturated carbocycles. The van der Waals surface area contributed by atoms with Crippen LogP contribution in [0.25, 0.3) is 0 Å². The molecule has 0 atom stereocenters. The summed E-state index contributed by atoms with van der Waals surface area (Å²) in [7, 11) is 0. The number of anilines is 2. The summed E-state index contributed by atoms with van der Waals surface area (Å²) < 4.78 is 0. The van der Waals surface area contributed by atoms with Crippen LogP contribution in [0.4, 0.5) is 11.4 Å². The Morgan fingerprint density at radius 1 is 1.03 bits per heavy atom. The van der Waals surface area contributed by atoms with Crippen LogP contribution >= 0.6 is 0 Å². The number of nitrogens with one attached hydrogen (secondary N) is 2. The fraction of sp³-hybridized carbons (Fsp3) is 0.692. The summed E-state index contributed by atoms with van der Waals surface area (Å²) in [5.41, 5.74) is 2.32. The van der Waals surface area contributed by atoms with Crippen LogP contribution in [0.5, 0.6) is 0 Å². The first-order chi connectivity index (χ1) is 14.9. The summed E-state index contributed by atoms with van der Waals surface area (Å²) in [4.78, 5) is 27.6. The van der Waals surface area contributed by atoms with Crippen LogP contribution < -0.4 is 15.5 Å². The van der Waals surface area contributed by atoms with E-state index >= 15 is 0 Å². The van der Waals surface area contributed by atoms with Crippen molar-refractivity contribution >= 4 is 23.2 Å². The van der Waals surface area contributed by atoms with Crippen LogP contribution in [0.3, 0.4) is 0 Å². The van der Waals surface area contributed by atoms with Gasteiger partial charge in [0.25, 0.3) is 5.91 Å². The molecule has 0 spiro atoms. The lowest BCUT2D eigenvalue weighted by Gasteiger charge is -2.33. The third-order valence-corrected chi connectivity index (χ3v) is 6.08. The molecule has 5 nitrogen and oxygen atoms in total. The molecule has 2 amide bonds. The monoisotopic (exact) mass is 429 g/mol. The highest BCUT2D eigenvalue weighted by Crippen LogP contribution is 2.29. The number of benzene rings is 1. The predicted molar refractivity (Wildman–Crippen MR) is 131 cm³/mol. The second-order valence-corrected chi connectivity index (χ2v) is 9.45. The standard InChI is InChI=1S/C26H43N3O2/c1-5-6-7-8-9-10-11-12-25(30)28-22-13-14-24(29-17-15-21(4)16-18-29)23(19-22)26(31)27-20(2)3/h13-14,19-21H,5-12,15-18H2,1-4H3,(H,27,31)(H,28,30). The van der Waals surface area contributed by atoms with Gasteiger partial charge in [0.2, 0.25) is 5.91 Å². The van der Waals surface area contributed by atoms with E-state index in [9.17, 15) is 9.59 Å². The summed E-state index contributed by atoms with van der Waals surface area (Å²) in [6.07, 6.45) is 11.2. The van der Waals surface area contributed by atoms with Gasteiger partial charge >= 0.3 is 0 Å². The number of unbranched alkanes of at least 4 members (excludes halogenated alkanes) is 6. The van der Waals surface area contributed by atoms with Gasteiger partial charge in [-0.05, 0) is 57.2 Å². The van der Waals surface area contributed by atoms with Crippen molar-refractivity contribution in [2.24, 2.45) is 5.92 Å². The van der Waals surface area contributed by atoms with Crippen LogP contribution in [0.1, 0.15) is 102 Å². The second kappa shape index (κ2) is 13.4. The highest BCUT2D eigenvalue weighted by Gasteiger charge is 2.22. The van der Waals surface area contributed by atoms with E-state index in [1.54, 1.807) is 0 Å². The first-order valence-corrected chi connectivity index (χ1v) is 12.4. The topological polar surface area (TPSA) is 61.4 Å². The molecule has 174 valence electrons. The quantitative estimate of drug-likeness (QED) is 0.392. The Kier molecular flexibility index (Phi) is 10.9. The zero-order valence-corrected chi connectivity index (χ0v) is 20.1. The largest absolute Gasteiger partial charge is 0.371 e. The van der Waals surface area contributed by atoms with Gasteiger partial charge in [-0.3, -0.25) is 9.59 Å². The van der Waals surface area contributed by atoms with Crippen molar-refractivity contribution in [3.63, 3.8) is 0 Å². The molecule has 31 heavy (non-hydrogen) atoms. The third kappa shape index (κ3) is 8.92. The first-order valence-electron chi connectivity index (χ1n) is 12.4. The van der Waals surface area contributed by atoms with Gasteiger partial charge in [0.1, 0.15) is 0 Å². The molecule has 1 aliphatic heterocycles. The van der Waals surface area contributed by atoms with E-state index in [1.807, 2.05) is 32.0 Å². The summed E-state index contributed by atoms with van der Waals surface area (Å²) in [5.74, 6) is 0.685. The van der Waals surface area contributed by atoms with Crippen molar-refractivity contribution in [3.8, 4) is 0 Å². The van der Waals surface area contributed by atoms with Crippen LogP contribution in [0.2, 0.25) is 0 Å². The van der Waals surface area contributed by atoms with E-state index in [4.69, 9.17) is 0 Å². The van der Waals surface area contributed by atoms with Crippen LogP contribution in [-0.4, -0.2) is 30.9 Å². The number of carbonyl (C=O) groups excluding carboxylic acids is 2. The first kappa shape index (κ1) is 25.2. The lowest BCUT2D eigenvalue weighted by atomic mass is 9.97.